The molecule has 2 amide bonds. The normalized spacial score (nSPS) is 10.3. The van der Waals surface area contributed by atoms with Crippen molar-refractivity contribution in [2.45, 2.75) is 219 Å². The second-order valence-electron chi connectivity index (χ2n) is 13.7. The van der Waals surface area contributed by atoms with Crippen LogP contribution in [0, 0.1) is 0 Å². The fraction of sp³-hybridized carbons (Fsp3) is 0.900. The predicted molar refractivity (Wildman–Crippen MR) is 195 cm³/mol. The molecule has 0 fully saturated rings. The molecule has 10 heteroatoms. The van der Waals surface area contributed by atoms with E-state index in [0.717, 1.165) is 25.7 Å². The molecular formula is C40H76N2Na2O6. The van der Waals surface area contributed by atoms with E-state index in [9.17, 15) is 29.4 Å². The standard InChI is InChI=1S/2C20H39NO3.2Na/c2*1-2-3-4-5-6-7-8-9-10-11-12-13-14-15-16-17-19(22)21-18-20(23)24;;/h2*2-18H2,1H3,(H,21,22)(H,23,24);;/q;;2*+1/p-2. The maximum Gasteiger partial charge on any atom is 1.00 e. The van der Waals surface area contributed by atoms with Crippen molar-refractivity contribution < 1.29 is 88.5 Å². The second kappa shape index (κ2) is 48.9. The summed E-state index contributed by atoms with van der Waals surface area (Å²) in [6.45, 7) is 3.77. The van der Waals surface area contributed by atoms with Crippen LogP contribution in [0.1, 0.15) is 219 Å². The fourth-order valence-electron chi connectivity index (χ4n) is 5.83. The molecule has 0 aliphatic rings. The molecule has 0 atom stereocenters. The zero-order chi connectivity index (χ0) is 35.8. The molecule has 0 aromatic heterocycles. The molecule has 0 aromatic rings. The number of rotatable bonds is 36. The van der Waals surface area contributed by atoms with Gasteiger partial charge in [-0.15, -0.1) is 0 Å². The zero-order valence-electron chi connectivity index (χ0n) is 33.5. The third kappa shape index (κ3) is 54.7. The average molecular weight is 727 g/mol. The second-order valence-corrected chi connectivity index (χ2v) is 13.7. The molecule has 0 rings (SSSR count). The molecule has 8 nitrogen and oxygen atoms in total. The van der Waals surface area contributed by atoms with E-state index < -0.39 is 11.9 Å². The van der Waals surface area contributed by atoms with Gasteiger partial charge >= 0.3 is 59.1 Å². The minimum absolute atomic E-state index is 0. The first-order chi connectivity index (χ1) is 23.3. The number of aliphatic carboxylic acids is 2. The van der Waals surface area contributed by atoms with Gasteiger partial charge in [0.25, 0.3) is 0 Å². The van der Waals surface area contributed by atoms with E-state index >= 15 is 0 Å². The quantitative estimate of drug-likeness (QED) is 0.0751. The number of hydrogen-bond acceptors (Lipinski definition) is 6. The van der Waals surface area contributed by atoms with Crippen molar-refractivity contribution in [1.29, 1.82) is 0 Å². The van der Waals surface area contributed by atoms with Crippen molar-refractivity contribution in [3.63, 3.8) is 0 Å². The van der Waals surface area contributed by atoms with Crippen molar-refractivity contribution in [2.75, 3.05) is 13.1 Å². The first-order valence-electron chi connectivity index (χ1n) is 20.3. The number of hydrogen-bond donors (Lipinski definition) is 2. The average Bonchev–Trinajstić information content (AvgIpc) is 3.06. The van der Waals surface area contributed by atoms with Gasteiger partial charge in [-0.25, -0.2) is 0 Å². The van der Waals surface area contributed by atoms with Crippen molar-refractivity contribution in [3.05, 3.63) is 0 Å². The molecule has 0 aliphatic carbocycles. The summed E-state index contributed by atoms with van der Waals surface area (Å²) >= 11 is 0. The van der Waals surface area contributed by atoms with Crippen LogP contribution in [0.25, 0.3) is 0 Å². The van der Waals surface area contributed by atoms with Gasteiger partial charge in [0.2, 0.25) is 11.8 Å². The molecule has 0 aromatic carbocycles. The van der Waals surface area contributed by atoms with E-state index in [4.69, 9.17) is 0 Å². The van der Waals surface area contributed by atoms with E-state index in [0.29, 0.717) is 12.8 Å². The zero-order valence-corrected chi connectivity index (χ0v) is 37.5. The largest absolute Gasteiger partial charge is 1.00 e. The Hall–Kier alpha value is -0.120. The first kappa shape index (κ1) is 56.6. The third-order valence-corrected chi connectivity index (χ3v) is 8.87. The van der Waals surface area contributed by atoms with E-state index in [1.807, 2.05) is 0 Å². The molecular weight excluding hydrogens is 650 g/mol. The maximum atomic E-state index is 11.3. The van der Waals surface area contributed by atoms with E-state index in [1.54, 1.807) is 0 Å². The van der Waals surface area contributed by atoms with Gasteiger partial charge in [0, 0.05) is 12.8 Å². The van der Waals surface area contributed by atoms with E-state index in [2.05, 4.69) is 24.5 Å². The van der Waals surface area contributed by atoms with Crippen molar-refractivity contribution in [3.8, 4) is 0 Å². The summed E-state index contributed by atoms with van der Waals surface area (Å²) in [4.78, 5) is 42.9. The number of amides is 2. The van der Waals surface area contributed by atoms with Gasteiger partial charge < -0.3 is 30.4 Å². The number of nitrogens with one attached hydrogen (secondary N) is 2. The summed E-state index contributed by atoms with van der Waals surface area (Å²) in [7, 11) is 0. The molecule has 0 spiro atoms. The Bertz CT molecular complexity index is 683. The monoisotopic (exact) mass is 727 g/mol. The van der Waals surface area contributed by atoms with Gasteiger partial charge in [0.05, 0.1) is 25.0 Å². The smallest absolute Gasteiger partial charge is 0.548 e. The van der Waals surface area contributed by atoms with Crippen LogP contribution in [0.2, 0.25) is 0 Å². The Kier molecular flexibility index (Phi) is 55.3. The Morgan fingerprint density at radius 1 is 0.340 bits per heavy atom. The Balaban J connectivity index is -0.000000407. The van der Waals surface area contributed by atoms with Gasteiger partial charge in [0.1, 0.15) is 0 Å². The van der Waals surface area contributed by atoms with Crippen LogP contribution >= 0.6 is 0 Å². The molecule has 0 unspecified atom stereocenters. The van der Waals surface area contributed by atoms with Crippen LogP contribution in [0.5, 0.6) is 0 Å². The van der Waals surface area contributed by atoms with Crippen molar-refractivity contribution >= 4 is 23.8 Å². The van der Waals surface area contributed by atoms with Gasteiger partial charge in [-0.1, -0.05) is 194 Å². The molecule has 0 saturated carbocycles. The fourth-order valence-corrected chi connectivity index (χ4v) is 5.83. The number of carboxylic acid groups (broad SMARTS) is 2. The van der Waals surface area contributed by atoms with Gasteiger partial charge in [-0.3, -0.25) is 9.59 Å². The Labute approximate surface area is 352 Å². The molecule has 2 N–H and O–H groups in total. The van der Waals surface area contributed by atoms with Crippen LogP contribution in [0.3, 0.4) is 0 Å². The summed E-state index contributed by atoms with van der Waals surface area (Å²) in [5.41, 5.74) is 0. The molecule has 284 valence electrons. The van der Waals surface area contributed by atoms with Gasteiger partial charge in [-0.05, 0) is 12.8 Å². The SMILES string of the molecule is CCCCCCCCCCCCCCCCCC(=O)NCC(=O)[O-].CCCCCCCCCCCCCCCCCC(=O)NCC(=O)[O-].[Na+].[Na+]. The van der Waals surface area contributed by atoms with Crippen LogP contribution in [-0.2, 0) is 19.2 Å². The minimum atomic E-state index is -1.24. The third-order valence-electron chi connectivity index (χ3n) is 8.87. The summed E-state index contributed by atoms with van der Waals surface area (Å²) in [5.74, 6) is -2.84. The summed E-state index contributed by atoms with van der Waals surface area (Å²) in [6.07, 6.45) is 39.8. The van der Waals surface area contributed by atoms with Gasteiger partial charge in [0.15, 0.2) is 0 Å². The van der Waals surface area contributed by atoms with Gasteiger partial charge in [-0.2, -0.15) is 0 Å². The Morgan fingerprint density at radius 2 is 0.520 bits per heavy atom. The number of carbonyl (C=O) groups is 4. The molecule has 0 saturated heterocycles. The summed E-state index contributed by atoms with van der Waals surface area (Å²) in [6, 6.07) is 0. The molecule has 50 heavy (non-hydrogen) atoms. The van der Waals surface area contributed by atoms with E-state index in [1.165, 1.54) is 167 Å². The molecule has 0 heterocycles. The van der Waals surface area contributed by atoms with Crippen LogP contribution in [0.15, 0.2) is 0 Å². The predicted octanol–water partition coefficient (Wildman–Crippen LogP) is 2.24. The number of carboxylic acids is 2. The van der Waals surface area contributed by atoms with Crippen LogP contribution in [0.4, 0.5) is 0 Å². The van der Waals surface area contributed by atoms with Crippen LogP contribution < -0.4 is 80.0 Å². The van der Waals surface area contributed by atoms with Crippen LogP contribution in [-0.4, -0.2) is 36.8 Å². The van der Waals surface area contributed by atoms with Crippen molar-refractivity contribution in [2.24, 2.45) is 0 Å². The minimum Gasteiger partial charge on any atom is -0.548 e. The van der Waals surface area contributed by atoms with Crippen molar-refractivity contribution in [1.82, 2.24) is 10.6 Å². The summed E-state index contributed by atoms with van der Waals surface area (Å²) < 4.78 is 0. The van der Waals surface area contributed by atoms with E-state index in [-0.39, 0.29) is 84.0 Å². The first-order valence-corrected chi connectivity index (χ1v) is 20.3. The maximum absolute atomic E-state index is 11.3. The number of unbranched alkanes of at least 4 members (excludes halogenated alkanes) is 28. The topological polar surface area (TPSA) is 138 Å². The summed E-state index contributed by atoms with van der Waals surface area (Å²) in [5, 5.41) is 25.0. The molecule has 0 radical (unpaired) electrons. The molecule has 0 aliphatic heterocycles. The Morgan fingerprint density at radius 3 is 0.700 bits per heavy atom. The molecule has 0 bridgehead atoms. The number of carbonyl (C=O) groups excluding carboxylic acids is 4.